The van der Waals surface area contributed by atoms with Crippen LogP contribution in [-0.4, -0.2) is 34.1 Å². The predicted octanol–water partition coefficient (Wildman–Crippen LogP) is 3.30. The summed E-state index contributed by atoms with van der Waals surface area (Å²) in [7, 11) is 0. The van der Waals surface area contributed by atoms with Crippen molar-refractivity contribution >= 4 is 33.3 Å². The molecule has 0 atom stereocenters. The van der Waals surface area contributed by atoms with Gasteiger partial charge in [-0.15, -0.1) is 11.3 Å². The molecular formula is C17H15N3O2S. The van der Waals surface area contributed by atoms with Crippen LogP contribution in [0.5, 0.6) is 0 Å². The fraction of sp³-hybridized carbons (Fsp3) is 0.235. The maximum absolute atomic E-state index is 10.9. The number of rotatable bonds is 3. The molecule has 1 fully saturated rings. The van der Waals surface area contributed by atoms with Crippen LogP contribution in [0.4, 0.5) is 5.82 Å². The summed E-state index contributed by atoms with van der Waals surface area (Å²) in [6.45, 7) is 3.71. The Morgan fingerprint density at radius 1 is 1.22 bits per heavy atom. The van der Waals surface area contributed by atoms with Gasteiger partial charge in [0, 0.05) is 19.0 Å². The number of hydrogen-bond donors (Lipinski definition) is 1. The minimum atomic E-state index is -0.886. The molecule has 5 nitrogen and oxygen atoms in total. The Labute approximate surface area is 137 Å². The highest BCUT2D eigenvalue weighted by atomic mass is 32.1. The molecule has 3 aromatic rings. The van der Waals surface area contributed by atoms with Gasteiger partial charge in [0.05, 0.1) is 10.9 Å². The minimum Gasteiger partial charge on any atom is -0.478 e. The van der Waals surface area contributed by atoms with Crippen molar-refractivity contribution in [2.24, 2.45) is 0 Å². The zero-order valence-corrected chi connectivity index (χ0v) is 13.4. The van der Waals surface area contributed by atoms with Gasteiger partial charge >= 0.3 is 5.97 Å². The molecule has 1 aliphatic heterocycles. The largest absolute Gasteiger partial charge is 0.478 e. The third kappa shape index (κ3) is 2.45. The second kappa shape index (κ2) is 5.31. The molecule has 0 amide bonds. The van der Waals surface area contributed by atoms with Gasteiger partial charge in [-0.2, -0.15) is 0 Å². The van der Waals surface area contributed by atoms with Crippen molar-refractivity contribution in [2.75, 3.05) is 18.0 Å². The molecule has 4 rings (SSSR count). The van der Waals surface area contributed by atoms with E-state index in [1.807, 2.05) is 24.4 Å². The van der Waals surface area contributed by atoms with Crippen molar-refractivity contribution in [1.29, 1.82) is 0 Å². The highest BCUT2D eigenvalue weighted by molar-refractivity contribution is 7.16. The standard InChI is InChI=1S/C17H15N3O2S/c1-10-18-15(14-6-7-23-16(14)19-10)20-8-13(9-20)11-2-4-12(5-3-11)17(21)22/h2-7,13H,8-9H2,1H3,(H,21,22). The zero-order chi connectivity index (χ0) is 16.0. The second-order valence-corrected chi connectivity index (χ2v) is 6.66. The monoisotopic (exact) mass is 325 g/mol. The molecule has 0 bridgehead atoms. The Morgan fingerprint density at radius 3 is 2.65 bits per heavy atom. The van der Waals surface area contributed by atoms with E-state index in [0.717, 1.165) is 34.9 Å². The van der Waals surface area contributed by atoms with E-state index in [1.165, 1.54) is 5.56 Å². The Bertz CT molecular complexity index is 882. The highest BCUT2D eigenvalue weighted by Crippen LogP contribution is 2.35. The molecule has 1 saturated heterocycles. The Balaban J connectivity index is 1.54. The maximum atomic E-state index is 10.9. The normalized spacial score (nSPS) is 14.9. The van der Waals surface area contributed by atoms with Crippen LogP contribution in [-0.2, 0) is 0 Å². The molecule has 0 aliphatic carbocycles. The average Bonchev–Trinajstić information content (AvgIpc) is 2.94. The van der Waals surface area contributed by atoms with Gasteiger partial charge in [-0.25, -0.2) is 14.8 Å². The molecule has 0 saturated carbocycles. The van der Waals surface area contributed by atoms with Crippen LogP contribution < -0.4 is 4.90 Å². The molecule has 0 radical (unpaired) electrons. The number of benzene rings is 1. The van der Waals surface area contributed by atoms with E-state index in [-0.39, 0.29) is 0 Å². The SMILES string of the molecule is Cc1nc(N2CC(c3ccc(C(=O)O)cc3)C2)c2ccsc2n1. The number of fused-ring (bicyclic) bond motifs is 1. The number of carboxylic acids is 1. The Hall–Kier alpha value is -2.47. The van der Waals surface area contributed by atoms with Gasteiger partial charge in [-0.1, -0.05) is 12.1 Å². The zero-order valence-electron chi connectivity index (χ0n) is 12.6. The van der Waals surface area contributed by atoms with E-state index in [1.54, 1.807) is 23.5 Å². The lowest BCUT2D eigenvalue weighted by Crippen LogP contribution is -2.45. The number of aromatic nitrogens is 2. The van der Waals surface area contributed by atoms with Crippen molar-refractivity contribution in [3.8, 4) is 0 Å². The fourth-order valence-corrected chi connectivity index (χ4v) is 3.75. The van der Waals surface area contributed by atoms with Gasteiger partial charge in [-0.05, 0) is 36.1 Å². The number of anilines is 1. The van der Waals surface area contributed by atoms with Gasteiger partial charge in [-0.3, -0.25) is 0 Å². The molecule has 1 aliphatic rings. The lowest BCUT2D eigenvalue weighted by molar-refractivity contribution is 0.0697. The summed E-state index contributed by atoms with van der Waals surface area (Å²) in [5, 5.41) is 12.1. The first-order valence-corrected chi connectivity index (χ1v) is 8.30. The van der Waals surface area contributed by atoms with E-state index >= 15 is 0 Å². The summed E-state index contributed by atoms with van der Waals surface area (Å²) in [5.74, 6) is 1.33. The number of nitrogens with zero attached hydrogens (tertiary/aromatic N) is 3. The summed E-state index contributed by atoms with van der Waals surface area (Å²) in [6, 6.07) is 9.25. The van der Waals surface area contributed by atoms with Crippen molar-refractivity contribution in [3.05, 3.63) is 52.7 Å². The first-order chi connectivity index (χ1) is 11.1. The maximum Gasteiger partial charge on any atom is 0.335 e. The highest BCUT2D eigenvalue weighted by Gasteiger charge is 2.30. The van der Waals surface area contributed by atoms with Crippen LogP contribution in [0.1, 0.15) is 27.7 Å². The van der Waals surface area contributed by atoms with Gasteiger partial charge in [0.2, 0.25) is 0 Å². The lowest BCUT2D eigenvalue weighted by atomic mass is 9.90. The Kier molecular flexibility index (Phi) is 3.27. The third-order valence-electron chi connectivity index (χ3n) is 4.23. The number of hydrogen-bond acceptors (Lipinski definition) is 5. The summed E-state index contributed by atoms with van der Waals surface area (Å²) in [5.41, 5.74) is 1.51. The first kappa shape index (κ1) is 14.1. The van der Waals surface area contributed by atoms with E-state index < -0.39 is 5.97 Å². The van der Waals surface area contributed by atoms with Crippen molar-refractivity contribution < 1.29 is 9.90 Å². The van der Waals surface area contributed by atoms with Crippen molar-refractivity contribution in [2.45, 2.75) is 12.8 Å². The van der Waals surface area contributed by atoms with E-state index in [0.29, 0.717) is 11.5 Å². The molecular weight excluding hydrogens is 310 g/mol. The third-order valence-corrected chi connectivity index (χ3v) is 5.03. The number of aryl methyl sites for hydroxylation is 1. The minimum absolute atomic E-state index is 0.330. The molecule has 2 aromatic heterocycles. The van der Waals surface area contributed by atoms with Crippen molar-refractivity contribution in [3.63, 3.8) is 0 Å². The van der Waals surface area contributed by atoms with Gasteiger partial charge < -0.3 is 10.0 Å². The van der Waals surface area contributed by atoms with Crippen LogP contribution in [0, 0.1) is 6.92 Å². The average molecular weight is 325 g/mol. The number of carboxylic acid groups (broad SMARTS) is 1. The molecule has 0 unspecified atom stereocenters. The van der Waals surface area contributed by atoms with Crippen LogP contribution in [0.3, 0.4) is 0 Å². The van der Waals surface area contributed by atoms with Crippen LogP contribution in [0.15, 0.2) is 35.7 Å². The van der Waals surface area contributed by atoms with E-state index in [4.69, 9.17) is 5.11 Å². The Morgan fingerprint density at radius 2 is 1.96 bits per heavy atom. The molecule has 23 heavy (non-hydrogen) atoms. The number of thiophene rings is 1. The molecule has 1 aromatic carbocycles. The van der Waals surface area contributed by atoms with Gasteiger partial charge in [0.1, 0.15) is 16.5 Å². The summed E-state index contributed by atoms with van der Waals surface area (Å²) in [6.07, 6.45) is 0. The quantitative estimate of drug-likeness (QED) is 0.800. The number of aromatic carboxylic acids is 1. The molecule has 6 heteroatoms. The van der Waals surface area contributed by atoms with Crippen LogP contribution >= 0.6 is 11.3 Å². The topological polar surface area (TPSA) is 66.3 Å². The summed E-state index contributed by atoms with van der Waals surface area (Å²) in [4.78, 5) is 23.3. The fourth-order valence-electron chi connectivity index (χ4n) is 2.94. The lowest BCUT2D eigenvalue weighted by Gasteiger charge is -2.40. The molecule has 0 spiro atoms. The van der Waals surface area contributed by atoms with Crippen LogP contribution in [0.25, 0.3) is 10.2 Å². The predicted molar refractivity (Wildman–Crippen MR) is 90.5 cm³/mol. The molecule has 1 N–H and O–H groups in total. The summed E-state index contributed by atoms with van der Waals surface area (Å²) >= 11 is 1.64. The summed E-state index contributed by atoms with van der Waals surface area (Å²) < 4.78 is 0. The van der Waals surface area contributed by atoms with Gasteiger partial charge in [0.15, 0.2) is 0 Å². The van der Waals surface area contributed by atoms with Gasteiger partial charge in [0.25, 0.3) is 0 Å². The second-order valence-electron chi connectivity index (χ2n) is 5.76. The van der Waals surface area contributed by atoms with E-state index in [2.05, 4.69) is 20.9 Å². The van der Waals surface area contributed by atoms with Crippen molar-refractivity contribution in [1.82, 2.24) is 9.97 Å². The number of carbonyl (C=O) groups is 1. The smallest absolute Gasteiger partial charge is 0.335 e. The van der Waals surface area contributed by atoms with Crippen LogP contribution in [0.2, 0.25) is 0 Å². The molecule has 3 heterocycles. The first-order valence-electron chi connectivity index (χ1n) is 7.42. The van der Waals surface area contributed by atoms with E-state index in [9.17, 15) is 4.79 Å². The molecule has 116 valence electrons.